The van der Waals surface area contributed by atoms with Gasteiger partial charge < -0.3 is 5.32 Å². The fourth-order valence-corrected chi connectivity index (χ4v) is 2.07. The summed E-state index contributed by atoms with van der Waals surface area (Å²) in [5, 5.41) is 15.6. The summed E-state index contributed by atoms with van der Waals surface area (Å²) in [5.41, 5.74) is 1.31. The van der Waals surface area contributed by atoms with E-state index >= 15 is 0 Å². The number of halogens is 1. The van der Waals surface area contributed by atoms with E-state index in [2.05, 4.69) is 26.3 Å². The van der Waals surface area contributed by atoms with Crippen molar-refractivity contribution in [2.24, 2.45) is 7.05 Å². The van der Waals surface area contributed by atoms with Gasteiger partial charge in [0, 0.05) is 7.05 Å². The summed E-state index contributed by atoms with van der Waals surface area (Å²) in [4.78, 5) is 12.1. The lowest BCUT2D eigenvalue weighted by Crippen LogP contribution is -2.17. The van der Waals surface area contributed by atoms with Crippen LogP contribution in [-0.2, 0) is 7.05 Å². The van der Waals surface area contributed by atoms with E-state index in [1.54, 1.807) is 37.5 Å². The van der Waals surface area contributed by atoms with Gasteiger partial charge in [-0.05, 0) is 28.1 Å². The Labute approximate surface area is 112 Å². The van der Waals surface area contributed by atoms with E-state index in [1.165, 1.54) is 4.68 Å². The first-order valence-corrected chi connectivity index (χ1v) is 5.90. The largest absolute Gasteiger partial charge is 0.319 e. The summed E-state index contributed by atoms with van der Waals surface area (Å²) in [6.45, 7) is 0. The molecule has 2 aromatic rings. The minimum Gasteiger partial charge on any atom is -0.319 e. The number of hydrogen-bond acceptors (Lipinski definition) is 3. The summed E-state index contributed by atoms with van der Waals surface area (Å²) in [5.74, 6) is -0.315. The molecule has 0 atom stereocenters. The standard InChI is InChI=1S/C12H9BrN4O/c1-17-11(9(13)7-15-17)12(18)16-10-5-3-2-4-8(10)6-14/h2-5,7H,1H3,(H,16,18). The van der Waals surface area contributed by atoms with Crippen molar-refractivity contribution >= 4 is 27.5 Å². The Bertz CT molecular complexity index is 622. The third-order valence-electron chi connectivity index (χ3n) is 2.40. The maximum absolute atomic E-state index is 12.1. The quantitative estimate of drug-likeness (QED) is 0.925. The molecule has 0 aliphatic rings. The summed E-state index contributed by atoms with van der Waals surface area (Å²) >= 11 is 3.26. The molecule has 1 heterocycles. The Morgan fingerprint density at radius 1 is 1.50 bits per heavy atom. The van der Waals surface area contributed by atoms with Crippen LogP contribution < -0.4 is 5.32 Å². The number of carbonyl (C=O) groups is 1. The van der Waals surface area contributed by atoms with Crippen LogP contribution in [0.2, 0.25) is 0 Å². The average molecular weight is 305 g/mol. The Morgan fingerprint density at radius 2 is 2.22 bits per heavy atom. The smallest absolute Gasteiger partial charge is 0.275 e. The Morgan fingerprint density at radius 3 is 2.83 bits per heavy atom. The van der Waals surface area contributed by atoms with Crippen LogP contribution in [0.5, 0.6) is 0 Å². The van der Waals surface area contributed by atoms with Gasteiger partial charge in [-0.3, -0.25) is 9.48 Å². The van der Waals surface area contributed by atoms with Gasteiger partial charge in [-0.2, -0.15) is 10.4 Å². The van der Waals surface area contributed by atoms with Crippen molar-refractivity contribution in [3.8, 4) is 6.07 Å². The molecule has 0 saturated heterocycles. The van der Waals surface area contributed by atoms with E-state index < -0.39 is 0 Å². The van der Waals surface area contributed by atoms with Crippen LogP contribution in [0, 0.1) is 11.3 Å². The number of anilines is 1. The van der Waals surface area contributed by atoms with Crippen molar-refractivity contribution in [2.75, 3.05) is 5.32 Å². The van der Waals surface area contributed by atoms with Crippen molar-refractivity contribution in [3.05, 3.63) is 46.2 Å². The fourth-order valence-electron chi connectivity index (χ4n) is 1.54. The van der Waals surface area contributed by atoms with E-state index in [4.69, 9.17) is 5.26 Å². The van der Waals surface area contributed by atoms with Gasteiger partial charge in [0.05, 0.1) is 21.9 Å². The van der Waals surface area contributed by atoms with Gasteiger partial charge in [-0.15, -0.1) is 0 Å². The molecule has 1 aromatic heterocycles. The minimum atomic E-state index is -0.315. The zero-order chi connectivity index (χ0) is 13.1. The van der Waals surface area contributed by atoms with Crippen LogP contribution in [0.3, 0.4) is 0 Å². The van der Waals surface area contributed by atoms with Crippen molar-refractivity contribution in [1.29, 1.82) is 5.26 Å². The molecule has 1 amide bonds. The highest BCUT2D eigenvalue weighted by molar-refractivity contribution is 9.10. The van der Waals surface area contributed by atoms with Crippen LogP contribution in [0.4, 0.5) is 5.69 Å². The predicted molar refractivity (Wildman–Crippen MR) is 70.0 cm³/mol. The lowest BCUT2D eigenvalue weighted by molar-refractivity contribution is 0.101. The van der Waals surface area contributed by atoms with E-state index in [1.807, 2.05) is 6.07 Å². The number of carbonyl (C=O) groups excluding carboxylic acids is 1. The maximum Gasteiger partial charge on any atom is 0.275 e. The molecule has 0 saturated carbocycles. The van der Waals surface area contributed by atoms with Crippen LogP contribution in [0.1, 0.15) is 16.1 Å². The number of aromatic nitrogens is 2. The third-order valence-corrected chi connectivity index (χ3v) is 2.99. The number of para-hydroxylation sites is 1. The van der Waals surface area contributed by atoms with E-state index in [-0.39, 0.29) is 5.91 Å². The molecule has 0 aliphatic heterocycles. The van der Waals surface area contributed by atoms with Crippen LogP contribution in [0.15, 0.2) is 34.9 Å². The highest BCUT2D eigenvalue weighted by Crippen LogP contribution is 2.19. The highest BCUT2D eigenvalue weighted by atomic mass is 79.9. The molecule has 5 nitrogen and oxygen atoms in total. The fraction of sp³-hybridized carbons (Fsp3) is 0.0833. The molecule has 0 bridgehead atoms. The van der Waals surface area contributed by atoms with Crippen molar-refractivity contribution < 1.29 is 4.79 Å². The molecule has 6 heteroatoms. The van der Waals surface area contributed by atoms with E-state index in [0.29, 0.717) is 21.4 Å². The molecule has 0 unspecified atom stereocenters. The van der Waals surface area contributed by atoms with Gasteiger partial charge >= 0.3 is 0 Å². The molecule has 0 aliphatic carbocycles. The predicted octanol–water partition coefficient (Wildman–Crippen LogP) is 2.31. The zero-order valence-corrected chi connectivity index (χ0v) is 11.1. The van der Waals surface area contributed by atoms with Crippen molar-refractivity contribution in [1.82, 2.24) is 9.78 Å². The monoisotopic (exact) mass is 304 g/mol. The van der Waals surface area contributed by atoms with Gasteiger partial charge in [0.2, 0.25) is 0 Å². The topological polar surface area (TPSA) is 70.7 Å². The lowest BCUT2D eigenvalue weighted by Gasteiger charge is -2.07. The number of rotatable bonds is 2. The van der Waals surface area contributed by atoms with Crippen LogP contribution >= 0.6 is 15.9 Å². The highest BCUT2D eigenvalue weighted by Gasteiger charge is 2.16. The Hall–Kier alpha value is -2.13. The number of hydrogen-bond donors (Lipinski definition) is 1. The van der Waals surface area contributed by atoms with E-state index in [9.17, 15) is 4.79 Å². The SMILES string of the molecule is Cn1ncc(Br)c1C(=O)Nc1ccccc1C#N. The molecule has 2 rings (SSSR count). The van der Waals surface area contributed by atoms with Crippen LogP contribution in [0.25, 0.3) is 0 Å². The molecule has 0 radical (unpaired) electrons. The molecular formula is C12H9BrN4O. The first-order chi connectivity index (χ1) is 8.63. The second kappa shape index (κ2) is 5.02. The summed E-state index contributed by atoms with van der Waals surface area (Å²) in [6.07, 6.45) is 1.55. The van der Waals surface area contributed by atoms with Gasteiger partial charge in [-0.1, -0.05) is 12.1 Å². The molecule has 1 N–H and O–H groups in total. The number of nitrogens with zero attached hydrogens (tertiary/aromatic N) is 3. The number of amides is 1. The number of benzene rings is 1. The van der Waals surface area contributed by atoms with Crippen molar-refractivity contribution in [3.63, 3.8) is 0 Å². The maximum atomic E-state index is 12.1. The molecule has 18 heavy (non-hydrogen) atoms. The van der Waals surface area contributed by atoms with Crippen molar-refractivity contribution in [2.45, 2.75) is 0 Å². The van der Waals surface area contributed by atoms with E-state index in [0.717, 1.165) is 0 Å². The van der Waals surface area contributed by atoms with Gasteiger partial charge in [0.15, 0.2) is 0 Å². The second-order valence-electron chi connectivity index (χ2n) is 3.58. The minimum absolute atomic E-state index is 0.315. The molecular weight excluding hydrogens is 296 g/mol. The molecule has 90 valence electrons. The lowest BCUT2D eigenvalue weighted by atomic mass is 10.2. The van der Waals surface area contributed by atoms with Gasteiger partial charge in [-0.25, -0.2) is 0 Å². The summed E-state index contributed by atoms with van der Waals surface area (Å²) in [7, 11) is 1.68. The first kappa shape index (κ1) is 12.3. The number of nitriles is 1. The molecule has 1 aromatic carbocycles. The molecule has 0 spiro atoms. The van der Waals surface area contributed by atoms with Crippen LogP contribution in [-0.4, -0.2) is 15.7 Å². The Balaban J connectivity index is 2.31. The summed E-state index contributed by atoms with van der Waals surface area (Å²) < 4.78 is 2.07. The average Bonchev–Trinajstić information content (AvgIpc) is 2.69. The number of nitrogens with one attached hydrogen (secondary N) is 1. The molecule has 0 fully saturated rings. The van der Waals surface area contributed by atoms with Gasteiger partial charge in [0.1, 0.15) is 11.8 Å². The number of aryl methyl sites for hydroxylation is 1. The second-order valence-corrected chi connectivity index (χ2v) is 4.43. The summed E-state index contributed by atoms with van der Waals surface area (Å²) in [6, 6.07) is 8.86. The normalized spacial score (nSPS) is 9.83. The Kier molecular flexibility index (Phi) is 3.44. The first-order valence-electron chi connectivity index (χ1n) is 5.11. The van der Waals surface area contributed by atoms with Gasteiger partial charge in [0.25, 0.3) is 5.91 Å². The third kappa shape index (κ3) is 2.26. The zero-order valence-electron chi connectivity index (χ0n) is 9.51.